The van der Waals surface area contributed by atoms with E-state index in [0.717, 1.165) is 0 Å². The Kier molecular flexibility index (Phi) is 6.46. The number of aliphatic hydroxyl groups is 1. The second kappa shape index (κ2) is 7.50. The molecule has 2 nitrogen and oxygen atoms in total. The monoisotopic (exact) mass is 486 g/mol. The van der Waals surface area contributed by atoms with Gasteiger partial charge in [-0.3, -0.25) is 4.79 Å². The maximum atomic E-state index is 13.5. The molecule has 0 fully saturated rings. The Morgan fingerprint density at radius 2 is 1.23 bits per heavy atom. The molecule has 170 valence electrons. The molecule has 0 aromatic heterocycles. The molecule has 0 aliphatic carbocycles. The molecule has 0 heterocycles. The number of halogens is 14. The molecule has 1 aromatic rings. The predicted molar refractivity (Wildman–Crippen MR) is 73.0 cm³/mol. The highest BCUT2D eigenvalue weighted by Crippen LogP contribution is 2.48. The number of rotatable bonds is 3. The third kappa shape index (κ3) is 4.75. The van der Waals surface area contributed by atoms with E-state index in [1.54, 1.807) is 0 Å². The molecule has 0 saturated carbocycles. The largest absolute Gasteiger partial charge is 0.507 e. The number of benzene rings is 1. The van der Waals surface area contributed by atoms with E-state index in [1.165, 1.54) is 0 Å². The minimum Gasteiger partial charge on any atom is -0.507 e. The van der Waals surface area contributed by atoms with Gasteiger partial charge in [0, 0.05) is 11.6 Å². The van der Waals surface area contributed by atoms with Crippen LogP contribution in [-0.2, 0) is 17.1 Å². The van der Waals surface area contributed by atoms with Crippen molar-refractivity contribution in [2.45, 2.75) is 30.4 Å². The molecule has 16 heteroatoms. The van der Waals surface area contributed by atoms with Crippen LogP contribution in [0.4, 0.5) is 57.1 Å². The average molecular weight is 487 g/mol. The summed E-state index contributed by atoms with van der Waals surface area (Å²) < 4.78 is 165. The van der Waals surface area contributed by atoms with Gasteiger partial charge in [0.25, 0.3) is 0 Å². The van der Waals surface area contributed by atoms with E-state index >= 15 is 0 Å². The van der Waals surface area contributed by atoms with Gasteiger partial charge in [0.05, 0.1) is 16.1 Å². The van der Waals surface area contributed by atoms with Crippen molar-refractivity contribution in [2.24, 2.45) is 0 Å². The molecule has 0 aliphatic rings. The Hall–Kier alpha value is -2.19. The van der Waals surface area contributed by atoms with E-state index in [9.17, 15) is 67.0 Å². The molecule has 30 heavy (non-hydrogen) atoms. The van der Waals surface area contributed by atoms with Crippen molar-refractivity contribution in [3.8, 4) is 0 Å². The number of aliphatic hydroxyl groups excluding tert-OH is 1. The van der Waals surface area contributed by atoms with Gasteiger partial charge in [-0.1, -0.05) is 11.6 Å². The summed E-state index contributed by atoms with van der Waals surface area (Å²) in [6.45, 7) is 0. The summed E-state index contributed by atoms with van der Waals surface area (Å²) in [6.07, 6.45) is -26.4. The molecule has 0 radical (unpaired) electrons. The van der Waals surface area contributed by atoms with Gasteiger partial charge in [-0.25, -0.2) is 4.39 Å². The molecule has 0 bridgehead atoms. The molecule has 0 aliphatic heterocycles. The van der Waals surface area contributed by atoms with Gasteiger partial charge >= 0.3 is 30.4 Å². The summed E-state index contributed by atoms with van der Waals surface area (Å²) in [5.41, 5.74) is -13.2. The summed E-state index contributed by atoms with van der Waals surface area (Å²) in [7, 11) is 0. The fourth-order valence-corrected chi connectivity index (χ4v) is 2.34. The third-order valence-electron chi connectivity index (χ3n) is 3.36. The summed E-state index contributed by atoms with van der Waals surface area (Å²) >= 11 is 5.06. The predicted octanol–water partition coefficient (Wildman–Crippen LogP) is 6.68. The highest BCUT2D eigenvalue weighted by atomic mass is 35.5. The van der Waals surface area contributed by atoms with E-state index in [2.05, 4.69) is 0 Å². The molecule has 1 rings (SSSR count). The molecule has 1 aromatic carbocycles. The zero-order valence-electron chi connectivity index (χ0n) is 13.4. The fraction of sp³-hybridized carbons (Fsp3) is 0.357. The fourth-order valence-electron chi connectivity index (χ4n) is 2.01. The number of allylic oxidation sites excluding steroid dienone is 1. The lowest BCUT2D eigenvalue weighted by molar-refractivity contribution is -0.323. The SMILES string of the molecule is O=C(/C=C(\O)c1cc(Cl)c(C(F)(F)F)c(C(F)(F)F)c1)C(F)(C(F)(F)F)C(F)(F)F. The van der Waals surface area contributed by atoms with Gasteiger partial charge in [-0.15, -0.1) is 0 Å². The van der Waals surface area contributed by atoms with Crippen LogP contribution in [-0.4, -0.2) is 28.9 Å². The molecular formula is C14H4ClF13O2. The van der Waals surface area contributed by atoms with Gasteiger partial charge in [-0.05, 0) is 12.1 Å². The Morgan fingerprint density at radius 3 is 1.57 bits per heavy atom. The van der Waals surface area contributed by atoms with Crippen molar-refractivity contribution >= 4 is 23.1 Å². The Bertz CT molecular complexity index is 845. The lowest BCUT2D eigenvalue weighted by Gasteiger charge is -2.27. The zero-order valence-corrected chi connectivity index (χ0v) is 14.1. The lowest BCUT2D eigenvalue weighted by atomic mass is 9.96. The van der Waals surface area contributed by atoms with Crippen molar-refractivity contribution < 1.29 is 67.0 Å². The Morgan fingerprint density at radius 1 is 0.800 bits per heavy atom. The standard InChI is InChI=1S/C14H4ClF13O2/c15-6-2-4(1-5(11(17,18)19)9(6)12(20,21)22)7(29)3-8(30)10(16,13(23,24)25)14(26,27)28/h1-3,29H/b7-3-. The van der Waals surface area contributed by atoms with Crippen LogP contribution >= 0.6 is 11.6 Å². The molecule has 0 atom stereocenters. The van der Waals surface area contributed by atoms with Crippen LogP contribution in [0.5, 0.6) is 0 Å². The lowest BCUT2D eigenvalue weighted by Crippen LogP contribution is -2.58. The number of hydrogen-bond acceptors (Lipinski definition) is 2. The average Bonchev–Trinajstić information content (AvgIpc) is 2.48. The Labute approximate surface area is 161 Å². The van der Waals surface area contributed by atoms with E-state index in [4.69, 9.17) is 11.6 Å². The minimum atomic E-state index is -6.89. The summed E-state index contributed by atoms with van der Waals surface area (Å²) in [4.78, 5) is 11.2. The highest BCUT2D eigenvalue weighted by Gasteiger charge is 2.76. The van der Waals surface area contributed by atoms with Crippen LogP contribution in [0.25, 0.3) is 5.76 Å². The summed E-state index contributed by atoms with van der Waals surface area (Å²) in [5, 5.41) is 7.66. The van der Waals surface area contributed by atoms with E-state index in [0.29, 0.717) is 0 Å². The van der Waals surface area contributed by atoms with Crippen LogP contribution in [0.2, 0.25) is 5.02 Å². The third-order valence-corrected chi connectivity index (χ3v) is 3.66. The molecule has 0 amide bonds. The van der Waals surface area contributed by atoms with Gasteiger partial charge in [-0.2, -0.15) is 52.7 Å². The van der Waals surface area contributed by atoms with Crippen LogP contribution in [0.1, 0.15) is 16.7 Å². The van der Waals surface area contributed by atoms with Gasteiger partial charge in [0.15, 0.2) is 0 Å². The van der Waals surface area contributed by atoms with E-state index < -0.39 is 75.8 Å². The van der Waals surface area contributed by atoms with Crippen molar-refractivity contribution in [1.82, 2.24) is 0 Å². The first kappa shape index (κ1) is 25.8. The van der Waals surface area contributed by atoms with Crippen molar-refractivity contribution in [2.75, 3.05) is 0 Å². The maximum Gasteiger partial charge on any atom is 0.439 e. The normalized spacial score (nSPS) is 14.8. The molecular weight excluding hydrogens is 483 g/mol. The van der Waals surface area contributed by atoms with Crippen LogP contribution in [0, 0.1) is 0 Å². The number of alkyl halides is 13. The number of carbonyl (C=O) groups is 1. The first-order valence-electron chi connectivity index (χ1n) is 6.81. The highest BCUT2D eigenvalue weighted by molar-refractivity contribution is 6.31. The van der Waals surface area contributed by atoms with Crippen molar-refractivity contribution in [3.05, 3.63) is 39.9 Å². The van der Waals surface area contributed by atoms with E-state index in [-0.39, 0.29) is 6.07 Å². The van der Waals surface area contributed by atoms with Gasteiger partial charge < -0.3 is 5.11 Å². The minimum absolute atomic E-state index is 0.125. The smallest absolute Gasteiger partial charge is 0.439 e. The van der Waals surface area contributed by atoms with E-state index in [1.807, 2.05) is 0 Å². The topological polar surface area (TPSA) is 37.3 Å². The molecule has 0 spiro atoms. The second-order valence-corrected chi connectivity index (χ2v) is 5.83. The first-order valence-corrected chi connectivity index (χ1v) is 7.18. The van der Waals surface area contributed by atoms with Gasteiger partial charge in [0.1, 0.15) is 5.76 Å². The van der Waals surface area contributed by atoms with Gasteiger partial charge in [0.2, 0.25) is 5.78 Å². The van der Waals surface area contributed by atoms with Crippen LogP contribution in [0.3, 0.4) is 0 Å². The number of hydrogen-bond donors (Lipinski definition) is 1. The van der Waals surface area contributed by atoms with Crippen LogP contribution in [0.15, 0.2) is 18.2 Å². The first-order chi connectivity index (χ1) is 13.0. The maximum absolute atomic E-state index is 13.5. The van der Waals surface area contributed by atoms with Crippen molar-refractivity contribution in [1.29, 1.82) is 0 Å². The second-order valence-electron chi connectivity index (χ2n) is 5.42. The van der Waals surface area contributed by atoms with Crippen LogP contribution < -0.4 is 0 Å². The summed E-state index contributed by atoms with van der Waals surface area (Å²) in [5.74, 6) is -5.64. The Balaban J connectivity index is 3.69. The zero-order chi connectivity index (χ0) is 24.1. The number of ketones is 1. The molecule has 0 saturated heterocycles. The molecule has 0 unspecified atom stereocenters. The summed E-state index contributed by atoms with van der Waals surface area (Å²) in [6, 6.07) is -0.672. The van der Waals surface area contributed by atoms with Crippen molar-refractivity contribution in [3.63, 3.8) is 0 Å². The number of carbonyl (C=O) groups excluding carboxylic acids is 1. The molecule has 1 N–H and O–H groups in total. The quantitative estimate of drug-likeness (QED) is 0.294.